The van der Waals surface area contributed by atoms with E-state index in [4.69, 9.17) is 4.18 Å². The highest BCUT2D eigenvalue weighted by atomic mass is 127. The van der Waals surface area contributed by atoms with Crippen LogP contribution in [0.5, 0.6) is 0 Å². The van der Waals surface area contributed by atoms with Crippen molar-refractivity contribution >= 4 is 39.9 Å². The average Bonchev–Trinajstić information content (AvgIpc) is 2.05. The predicted molar refractivity (Wildman–Crippen MR) is 58.4 cm³/mol. The van der Waals surface area contributed by atoms with Crippen LogP contribution in [0.2, 0.25) is 0 Å². The minimum atomic E-state index is -0.360. The van der Waals surface area contributed by atoms with E-state index in [9.17, 15) is 4.79 Å². The summed E-state index contributed by atoms with van der Waals surface area (Å²) in [5.41, 5.74) is 0. The summed E-state index contributed by atoms with van der Waals surface area (Å²) in [5, 5.41) is -0.360. The molecule has 0 aromatic heterocycles. The van der Waals surface area contributed by atoms with Crippen molar-refractivity contribution in [2.24, 2.45) is 0 Å². The smallest absolute Gasteiger partial charge is 0.395 e. The third kappa shape index (κ3) is 8.61. The first-order chi connectivity index (χ1) is 5.81. The van der Waals surface area contributed by atoms with Gasteiger partial charge in [0.05, 0.1) is 6.61 Å². The van der Waals surface area contributed by atoms with Crippen LogP contribution in [0, 0.1) is 0 Å². The van der Waals surface area contributed by atoms with E-state index in [-0.39, 0.29) is 5.30 Å². The zero-order valence-electron chi connectivity index (χ0n) is 7.05. The van der Waals surface area contributed by atoms with Crippen LogP contribution in [0.3, 0.4) is 0 Å². The lowest BCUT2D eigenvalue weighted by Crippen LogP contribution is -1.96. The second-order valence-corrected chi connectivity index (χ2v) is 3.47. The zero-order chi connectivity index (χ0) is 9.23. The number of rotatable bonds is 6. The first-order valence-electron chi connectivity index (χ1n) is 3.83. The summed E-state index contributed by atoms with van der Waals surface area (Å²) in [7, 11) is 0. The molecule has 0 amide bonds. The van der Waals surface area contributed by atoms with E-state index < -0.39 is 0 Å². The Hall–Kier alpha value is 0.510. The highest BCUT2D eigenvalue weighted by Gasteiger charge is 2.02. The fraction of sp³-hybridized carbons (Fsp3) is 0.857. The number of ether oxygens (including phenoxy) is 1. The molecule has 0 aliphatic rings. The molecular weight excluding hydrogens is 291 g/mol. The molecule has 0 bridgehead atoms. The van der Waals surface area contributed by atoms with Gasteiger partial charge in [0.2, 0.25) is 0 Å². The van der Waals surface area contributed by atoms with Gasteiger partial charge in [0, 0.05) is 0 Å². The summed E-state index contributed by atoms with van der Waals surface area (Å²) in [6, 6.07) is 0. The number of hydrogen-bond donors (Lipinski definition) is 0. The lowest BCUT2D eigenvalue weighted by Gasteiger charge is -2.00. The van der Waals surface area contributed by atoms with Crippen LogP contribution in [0.1, 0.15) is 26.2 Å². The Morgan fingerprint density at radius 1 is 1.50 bits per heavy atom. The van der Waals surface area contributed by atoms with Crippen molar-refractivity contribution in [1.82, 2.24) is 0 Å². The molecule has 72 valence electrons. The van der Waals surface area contributed by atoms with Gasteiger partial charge in [0.25, 0.3) is 0 Å². The van der Waals surface area contributed by atoms with Gasteiger partial charge in [-0.25, -0.2) is 4.79 Å². The molecule has 12 heavy (non-hydrogen) atoms. The number of carbonyl (C=O) groups excluding carboxylic acids is 1. The summed E-state index contributed by atoms with van der Waals surface area (Å²) in [5.74, 6) is 0. The van der Waals surface area contributed by atoms with Crippen molar-refractivity contribution < 1.29 is 13.7 Å². The van der Waals surface area contributed by atoms with Gasteiger partial charge in [0.15, 0.2) is 0 Å². The summed E-state index contributed by atoms with van der Waals surface area (Å²) >= 11 is 2.75. The molecule has 0 atom stereocenters. The number of hydrogen-bond acceptors (Lipinski definition) is 4. The molecule has 0 saturated carbocycles. The summed E-state index contributed by atoms with van der Waals surface area (Å²) in [4.78, 5) is 10.7. The third-order valence-corrected chi connectivity index (χ3v) is 1.98. The molecule has 0 aromatic carbocycles. The minimum Gasteiger partial charge on any atom is -0.445 e. The van der Waals surface area contributed by atoms with Gasteiger partial charge in [-0.15, -0.1) is 0 Å². The highest BCUT2D eigenvalue weighted by Crippen LogP contribution is 2.09. The Labute approximate surface area is 90.9 Å². The van der Waals surface area contributed by atoms with Crippen LogP contribution in [-0.4, -0.2) is 16.5 Å². The number of carbonyl (C=O) groups is 1. The van der Waals surface area contributed by atoms with Crippen molar-refractivity contribution in [3.8, 4) is 0 Å². The maximum atomic E-state index is 10.7. The first kappa shape index (κ1) is 12.5. The summed E-state index contributed by atoms with van der Waals surface area (Å²) in [6.45, 7) is 2.74. The summed E-state index contributed by atoms with van der Waals surface area (Å²) < 4.78 is 10.00. The van der Waals surface area contributed by atoms with Gasteiger partial charge in [-0.2, -0.15) is 0 Å². The molecule has 5 heteroatoms. The number of alkyl halides is 1. The van der Waals surface area contributed by atoms with Crippen LogP contribution in [-0.2, 0) is 8.92 Å². The number of halogens is 1. The lowest BCUT2D eigenvalue weighted by molar-refractivity contribution is 0.194. The van der Waals surface area contributed by atoms with E-state index in [1.165, 1.54) is 0 Å². The molecule has 3 nitrogen and oxygen atoms in total. The van der Waals surface area contributed by atoms with Crippen molar-refractivity contribution in [2.75, 3.05) is 11.2 Å². The Bertz CT molecular complexity index is 121. The predicted octanol–water partition coefficient (Wildman–Crippen LogP) is 3.37. The maximum Gasteiger partial charge on any atom is 0.395 e. The molecular formula is C7H13IO3S. The van der Waals surface area contributed by atoms with Crippen LogP contribution in [0.25, 0.3) is 0 Å². The van der Waals surface area contributed by atoms with Gasteiger partial charge in [0.1, 0.15) is 16.7 Å². The average molecular weight is 304 g/mol. The monoisotopic (exact) mass is 304 g/mol. The standard InChI is InChI=1S/C7H13IO3S/c1-2-3-4-5-11-12-7(9)10-6-8/h2-6H2,1H3. The Morgan fingerprint density at radius 3 is 2.83 bits per heavy atom. The molecule has 0 N–H and O–H groups in total. The van der Waals surface area contributed by atoms with Crippen LogP contribution in [0.4, 0.5) is 4.79 Å². The SMILES string of the molecule is CCCCCOSC(=O)OCI. The Morgan fingerprint density at radius 2 is 2.25 bits per heavy atom. The molecule has 0 radical (unpaired) electrons. The van der Waals surface area contributed by atoms with Gasteiger partial charge in [-0.05, 0) is 29.0 Å². The molecule has 0 aromatic rings. The number of unbranched alkanes of at least 4 members (excludes halogenated alkanes) is 2. The molecule has 0 aliphatic carbocycles. The molecule has 0 saturated heterocycles. The van der Waals surface area contributed by atoms with Gasteiger partial charge in [-0.1, -0.05) is 19.8 Å². The van der Waals surface area contributed by atoms with Gasteiger partial charge < -0.3 is 8.92 Å². The quantitative estimate of drug-likeness (QED) is 0.248. The molecule has 0 rings (SSSR count). The van der Waals surface area contributed by atoms with E-state index in [0.717, 1.165) is 31.3 Å². The largest absolute Gasteiger partial charge is 0.445 e. The maximum absolute atomic E-state index is 10.7. The molecule has 0 aliphatic heterocycles. The Balaban J connectivity index is 3.03. The third-order valence-electron chi connectivity index (χ3n) is 1.13. The molecule has 0 unspecified atom stereocenters. The molecule has 0 heterocycles. The van der Waals surface area contributed by atoms with E-state index in [0.29, 0.717) is 11.2 Å². The van der Waals surface area contributed by atoms with E-state index in [1.807, 2.05) is 22.6 Å². The van der Waals surface area contributed by atoms with Crippen LogP contribution < -0.4 is 0 Å². The van der Waals surface area contributed by atoms with Crippen LogP contribution >= 0.6 is 34.6 Å². The van der Waals surface area contributed by atoms with E-state index >= 15 is 0 Å². The van der Waals surface area contributed by atoms with Gasteiger partial charge in [-0.3, -0.25) is 0 Å². The van der Waals surface area contributed by atoms with E-state index in [1.54, 1.807) is 0 Å². The lowest BCUT2D eigenvalue weighted by atomic mass is 10.3. The highest BCUT2D eigenvalue weighted by molar-refractivity contribution is 14.1. The fourth-order valence-electron chi connectivity index (χ4n) is 0.569. The van der Waals surface area contributed by atoms with Gasteiger partial charge >= 0.3 is 5.30 Å². The van der Waals surface area contributed by atoms with Crippen molar-refractivity contribution in [3.63, 3.8) is 0 Å². The normalized spacial score (nSPS) is 9.83. The summed E-state index contributed by atoms with van der Waals surface area (Å²) in [6.07, 6.45) is 3.30. The van der Waals surface area contributed by atoms with Crippen molar-refractivity contribution in [3.05, 3.63) is 0 Å². The van der Waals surface area contributed by atoms with E-state index in [2.05, 4.69) is 11.7 Å². The molecule has 0 fully saturated rings. The van der Waals surface area contributed by atoms with Crippen molar-refractivity contribution in [1.29, 1.82) is 0 Å². The fourth-order valence-corrected chi connectivity index (χ4v) is 1.47. The minimum absolute atomic E-state index is 0.360. The van der Waals surface area contributed by atoms with Crippen molar-refractivity contribution in [2.45, 2.75) is 26.2 Å². The Kier molecular flexibility index (Phi) is 10.0. The topological polar surface area (TPSA) is 35.5 Å². The molecule has 0 spiro atoms. The second kappa shape index (κ2) is 9.60. The second-order valence-electron chi connectivity index (χ2n) is 2.12. The first-order valence-corrected chi connectivity index (χ1v) is 6.10. The van der Waals surface area contributed by atoms with Crippen LogP contribution in [0.15, 0.2) is 0 Å². The zero-order valence-corrected chi connectivity index (χ0v) is 10.0.